The third-order valence-corrected chi connectivity index (χ3v) is 3.65. The first-order valence-corrected chi connectivity index (χ1v) is 7.13. The van der Waals surface area contributed by atoms with Gasteiger partial charge in [0.1, 0.15) is 0 Å². The van der Waals surface area contributed by atoms with E-state index in [1.54, 1.807) is 0 Å². The van der Waals surface area contributed by atoms with E-state index in [1.807, 2.05) is 60.7 Å². The molecule has 0 fully saturated rings. The maximum absolute atomic E-state index is 12.1. The summed E-state index contributed by atoms with van der Waals surface area (Å²) >= 11 is 0. The van der Waals surface area contributed by atoms with E-state index >= 15 is 0 Å². The summed E-state index contributed by atoms with van der Waals surface area (Å²) in [5.41, 5.74) is 2.83. The Morgan fingerprint density at radius 3 is 2.18 bits per heavy atom. The van der Waals surface area contributed by atoms with Crippen LogP contribution >= 0.6 is 0 Å². The Morgan fingerprint density at radius 1 is 0.864 bits per heavy atom. The summed E-state index contributed by atoms with van der Waals surface area (Å²) in [6, 6.07) is 19.6. The fourth-order valence-electron chi connectivity index (χ4n) is 2.64. The van der Waals surface area contributed by atoms with Crippen LogP contribution in [0.1, 0.15) is 5.69 Å². The molecule has 0 unspecified atom stereocenters. The summed E-state index contributed by atoms with van der Waals surface area (Å²) in [5.74, 6) is 0.181. The zero-order chi connectivity index (χ0) is 14.9. The van der Waals surface area contributed by atoms with Gasteiger partial charge in [-0.25, -0.2) is 0 Å². The summed E-state index contributed by atoms with van der Waals surface area (Å²) in [6.45, 7) is 0. The molecule has 2 aromatic heterocycles. The van der Waals surface area contributed by atoms with Crippen LogP contribution in [0.4, 0.5) is 0 Å². The van der Waals surface area contributed by atoms with E-state index in [0.29, 0.717) is 5.88 Å². The summed E-state index contributed by atoms with van der Waals surface area (Å²) in [5, 5.41) is 2.12. The van der Waals surface area contributed by atoms with Gasteiger partial charge in [-0.2, -0.15) is 0 Å². The van der Waals surface area contributed by atoms with E-state index in [2.05, 4.69) is 9.97 Å². The van der Waals surface area contributed by atoms with Gasteiger partial charge in [-0.05, 0) is 23.6 Å². The maximum Gasteiger partial charge on any atom is 0.318 e. The third-order valence-electron chi connectivity index (χ3n) is 3.65. The SMILES string of the molecule is O=C(Cc1cc2ccccc2[nH]1)Oc1cc2ccccc2[nH]1. The molecule has 2 aromatic carbocycles. The van der Waals surface area contributed by atoms with Crippen LogP contribution in [0.2, 0.25) is 0 Å². The minimum Gasteiger partial charge on any atom is -0.409 e. The number of rotatable bonds is 3. The fraction of sp³-hybridized carbons (Fsp3) is 0.0556. The highest BCUT2D eigenvalue weighted by Gasteiger charge is 2.10. The number of benzene rings is 2. The van der Waals surface area contributed by atoms with Gasteiger partial charge in [0.25, 0.3) is 0 Å². The number of carbonyl (C=O) groups excluding carboxylic acids is 1. The number of hydrogen-bond acceptors (Lipinski definition) is 2. The quantitative estimate of drug-likeness (QED) is 0.564. The Kier molecular flexibility index (Phi) is 2.93. The highest BCUT2D eigenvalue weighted by molar-refractivity contribution is 5.84. The van der Waals surface area contributed by atoms with E-state index in [0.717, 1.165) is 27.5 Å². The zero-order valence-electron chi connectivity index (χ0n) is 11.8. The van der Waals surface area contributed by atoms with Gasteiger partial charge in [-0.15, -0.1) is 0 Å². The molecule has 0 bridgehead atoms. The highest BCUT2D eigenvalue weighted by atomic mass is 16.5. The van der Waals surface area contributed by atoms with Crippen molar-refractivity contribution < 1.29 is 9.53 Å². The van der Waals surface area contributed by atoms with Crippen molar-refractivity contribution >= 4 is 27.8 Å². The van der Waals surface area contributed by atoms with Crippen LogP contribution in [-0.2, 0) is 11.2 Å². The molecule has 2 N–H and O–H groups in total. The van der Waals surface area contributed by atoms with Gasteiger partial charge in [-0.1, -0.05) is 36.4 Å². The summed E-state index contributed by atoms with van der Waals surface area (Å²) < 4.78 is 5.38. The Bertz CT molecular complexity index is 821. The topological polar surface area (TPSA) is 57.9 Å². The molecular formula is C18H14N2O2. The number of nitrogens with one attached hydrogen (secondary N) is 2. The lowest BCUT2D eigenvalue weighted by molar-refractivity contribution is -0.133. The van der Waals surface area contributed by atoms with Gasteiger partial charge >= 0.3 is 5.97 Å². The van der Waals surface area contributed by atoms with Gasteiger partial charge in [0.15, 0.2) is 0 Å². The predicted molar refractivity (Wildman–Crippen MR) is 85.9 cm³/mol. The number of H-pyrrole nitrogens is 2. The lowest BCUT2D eigenvalue weighted by atomic mass is 10.2. The van der Waals surface area contributed by atoms with E-state index in [9.17, 15) is 4.79 Å². The third kappa shape index (κ3) is 2.35. The summed E-state index contributed by atoms with van der Waals surface area (Å²) in [7, 11) is 0. The number of hydrogen-bond donors (Lipinski definition) is 2. The summed E-state index contributed by atoms with van der Waals surface area (Å²) in [4.78, 5) is 18.4. The molecule has 4 rings (SSSR count). The average Bonchev–Trinajstić information content (AvgIpc) is 3.08. The standard InChI is InChI=1S/C18H14N2O2/c21-18(11-14-9-12-5-1-3-7-15(12)19-14)22-17-10-13-6-2-4-8-16(13)20-17/h1-10,19-20H,11H2. The van der Waals surface area contributed by atoms with Crippen molar-refractivity contribution in [3.63, 3.8) is 0 Å². The number of para-hydroxylation sites is 2. The van der Waals surface area contributed by atoms with Crippen molar-refractivity contribution in [2.75, 3.05) is 0 Å². The minimum atomic E-state index is -0.293. The molecule has 4 heteroatoms. The molecule has 4 nitrogen and oxygen atoms in total. The van der Waals surface area contributed by atoms with Crippen LogP contribution in [0.25, 0.3) is 21.8 Å². The molecule has 0 spiro atoms. The van der Waals surface area contributed by atoms with Crippen molar-refractivity contribution in [1.29, 1.82) is 0 Å². The van der Waals surface area contributed by atoms with Crippen molar-refractivity contribution in [3.05, 3.63) is 66.4 Å². The van der Waals surface area contributed by atoms with Crippen LogP contribution in [0.3, 0.4) is 0 Å². The number of ether oxygens (including phenoxy) is 1. The molecule has 0 amide bonds. The number of esters is 1. The van der Waals surface area contributed by atoms with E-state index in [4.69, 9.17) is 4.74 Å². The molecule has 0 atom stereocenters. The van der Waals surface area contributed by atoms with Crippen LogP contribution in [0, 0.1) is 0 Å². The second-order valence-corrected chi connectivity index (χ2v) is 5.25. The van der Waals surface area contributed by atoms with Crippen LogP contribution in [-0.4, -0.2) is 15.9 Å². The van der Waals surface area contributed by atoms with Gasteiger partial charge in [0.05, 0.1) is 6.42 Å². The first kappa shape index (κ1) is 12.7. The van der Waals surface area contributed by atoms with Crippen LogP contribution < -0.4 is 4.74 Å². The van der Waals surface area contributed by atoms with Crippen molar-refractivity contribution in [2.24, 2.45) is 0 Å². The van der Waals surface area contributed by atoms with Crippen molar-refractivity contribution in [3.8, 4) is 5.88 Å². The fourth-order valence-corrected chi connectivity index (χ4v) is 2.64. The van der Waals surface area contributed by atoms with Gasteiger partial charge < -0.3 is 14.7 Å². The second-order valence-electron chi connectivity index (χ2n) is 5.25. The van der Waals surface area contributed by atoms with E-state index in [1.165, 1.54) is 0 Å². The number of fused-ring (bicyclic) bond motifs is 2. The zero-order valence-corrected chi connectivity index (χ0v) is 11.8. The normalized spacial score (nSPS) is 11.1. The second kappa shape index (κ2) is 5.07. The Labute approximate surface area is 126 Å². The molecule has 108 valence electrons. The molecule has 0 radical (unpaired) electrons. The molecule has 4 aromatic rings. The van der Waals surface area contributed by atoms with E-state index in [-0.39, 0.29) is 12.4 Å². The Hall–Kier alpha value is -3.01. The minimum absolute atomic E-state index is 0.212. The molecule has 0 aliphatic carbocycles. The lowest BCUT2D eigenvalue weighted by Gasteiger charge is -2.00. The molecule has 0 aliphatic rings. The van der Waals surface area contributed by atoms with E-state index < -0.39 is 0 Å². The van der Waals surface area contributed by atoms with Crippen molar-refractivity contribution in [1.82, 2.24) is 9.97 Å². The smallest absolute Gasteiger partial charge is 0.318 e. The van der Waals surface area contributed by atoms with Crippen LogP contribution in [0.15, 0.2) is 60.7 Å². The molecule has 0 saturated carbocycles. The monoisotopic (exact) mass is 290 g/mol. The molecule has 0 aliphatic heterocycles. The number of aromatic amines is 2. The Morgan fingerprint density at radius 2 is 1.50 bits per heavy atom. The molecule has 22 heavy (non-hydrogen) atoms. The van der Waals surface area contributed by atoms with Gasteiger partial charge in [0, 0.05) is 28.2 Å². The highest BCUT2D eigenvalue weighted by Crippen LogP contribution is 2.20. The first-order chi connectivity index (χ1) is 10.8. The molecule has 0 saturated heterocycles. The van der Waals surface area contributed by atoms with Gasteiger partial charge in [0.2, 0.25) is 5.88 Å². The lowest BCUT2D eigenvalue weighted by Crippen LogP contribution is -2.11. The maximum atomic E-state index is 12.1. The Balaban J connectivity index is 1.52. The molecule has 2 heterocycles. The van der Waals surface area contributed by atoms with Crippen LogP contribution in [0.5, 0.6) is 5.88 Å². The summed E-state index contributed by atoms with van der Waals surface area (Å²) in [6.07, 6.45) is 0.212. The predicted octanol–water partition coefficient (Wildman–Crippen LogP) is 3.80. The number of carbonyl (C=O) groups is 1. The molecular weight excluding hydrogens is 276 g/mol. The largest absolute Gasteiger partial charge is 0.409 e. The van der Waals surface area contributed by atoms with Gasteiger partial charge in [-0.3, -0.25) is 4.79 Å². The average molecular weight is 290 g/mol. The first-order valence-electron chi connectivity index (χ1n) is 7.13. The van der Waals surface area contributed by atoms with Crippen molar-refractivity contribution in [2.45, 2.75) is 6.42 Å². The number of aromatic nitrogens is 2.